The first-order chi connectivity index (χ1) is 9.61. The van der Waals surface area contributed by atoms with Gasteiger partial charge < -0.3 is 5.32 Å². The molecule has 2 heterocycles. The van der Waals surface area contributed by atoms with Crippen LogP contribution in [0.3, 0.4) is 0 Å². The van der Waals surface area contributed by atoms with Crippen LogP contribution in [0.15, 0.2) is 12.3 Å². The quantitative estimate of drug-likeness (QED) is 0.802. The minimum absolute atomic E-state index is 0.0217. The van der Waals surface area contributed by atoms with Crippen LogP contribution in [0.4, 0.5) is 5.69 Å². The summed E-state index contributed by atoms with van der Waals surface area (Å²) in [6.45, 7) is 6.02. The Hall–Kier alpha value is -1.56. The maximum absolute atomic E-state index is 12.1. The van der Waals surface area contributed by atoms with Gasteiger partial charge in [-0.25, -0.2) is 4.98 Å². The minimum Gasteiger partial charge on any atom is -0.324 e. The molecule has 1 unspecified atom stereocenters. The van der Waals surface area contributed by atoms with E-state index in [1.807, 2.05) is 19.9 Å². The number of fused-ring (bicyclic) bond motifs is 1. The van der Waals surface area contributed by atoms with Gasteiger partial charge in [-0.2, -0.15) is 5.10 Å². The lowest BCUT2D eigenvalue weighted by molar-refractivity contribution is -0.115. The largest absolute Gasteiger partial charge is 0.324 e. The molecule has 2 aromatic rings. The maximum atomic E-state index is 12.1. The number of carbonyl (C=O) groups is 1. The summed E-state index contributed by atoms with van der Waals surface area (Å²) in [4.78, 5) is 16.3. The normalized spacial score (nSPS) is 12.6. The van der Waals surface area contributed by atoms with Gasteiger partial charge in [0, 0.05) is 11.1 Å². The van der Waals surface area contributed by atoms with Crippen LogP contribution in [0.2, 0.25) is 0 Å². The summed E-state index contributed by atoms with van der Waals surface area (Å²) < 4.78 is 0. The van der Waals surface area contributed by atoms with E-state index in [4.69, 9.17) is 0 Å². The van der Waals surface area contributed by atoms with E-state index in [9.17, 15) is 4.79 Å². The van der Waals surface area contributed by atoms with Gasteiger partial charge in [0.1, 0.15) is 0 Å². The Kier molecular flexibility index (Phi) is 5.00. The number of thioether (sulfide) groups is 1. The monoisotopic (exact) mass is 292 g/mol. The number of hydrogen-bond acceptors (Lipinski definition) is 4. The molecule has 0 aliphatic heterocycles. The van der Waals surface area contributed by atoms with E-state index >= 15 is 0 Å². The lowest BCUT2D eigenvalue weighted by Crippen LogP contribution is -2.22. The van der Waals surface area contributed by atoms with Crippen molar-refractivity contribution in [1.82, 2.24) is 15.2 Å². The van der Waals surface area contributed by atoms with Gasteiger partial charge >= 0.3 is 0 Å². The van der Waals surface area contributed by atoms with Crippen molar-refractivity contribution in [1.29, 1.82) is 0 Å². The van der Waals surface area contributed by atoms with Crippen molar-refractivity contribution in [3.63, 3.8) is 0 Å². The molecule has 2 N–H and O–H groups in total. The highest BCUT2D eigenvalue weighted by Gasteiger charge is 2.14. The molecule has 0 aliphatic rings. The fourth-order valence-electron chi connectivity index (χ4n) is 1.81. The molecule has 2 rings (SSSR count). The Morgan fingerprint density at radius 3 is 3.10 bits per heavy atom. The van der Waals surface area contributed by atoms with Crippen molar-refractivity contribution in [2.24, 2.45) is 0 Å². The highest BCUT2D eigenvalue weighted by Crippen LogP contribution is 2.19. The third-order valence-electron chi connectivity index (χ3n) is 3.10. The van der Waals surface area contributed by atoms with E-state index in [0.717, 1.165) is 35.4 Å². The van der Waals surface area contributed by atoms with E-state index in [2.05, 4.69) is 27.4 Å². The van der Waals surface area contributed by atoms with Crippen LogP contribution in [0.5, 0.6) is 0 Å². The van der Waals surface area contributed by atoms with Crippen LogP contribution in [0.25, 0.3) is 11.0 Å². The fourth-order valence-corrected chi connectivity index (χ4v) is 2.83. The van der Waals surface area contributed by atoms with Crippen LogP contribution in [0.1, 0.15) is 32.4 Å². The van der Waals surface area contributed by atoms with Crippen LogP contribution in [-0.2, 0) is 4.79 Å². The number of nitrogens with zero attached hydrogens (tertiary/aromatic N) is 2. The zero-order valence-corrected chi connectivity index (χ0v) is 12.9. The molecule has 108 valence electrons. The van der Waals surface area contributed by atoms with Crippen molar-refractivity contribution >= 4 is 34.4 Å². The lowest BCUT2D eigenvalue weighted by atomic mass is 10.2. The number of unbranched alkanes of at least 4 members (excludes halogenated alkanes) is 1. The number of nitrogens with one attached hydrogen (secondary N) is 2. The van der Waals surface area contributed by atoms with Gasteiger partial charge in [0.25, 0.3) is 0 Å². The molecular weight excluding hydrogens is 272 g/mol. The molecule has 0 aromatic carbocycles. The molecule has 6 heteroatoms. The molecule has 0 fully saturated rings. The zero-order valence-electron chi connectivity index (χ0n) is 12.1. The highest BCUT2D eigenvalue weighted by molar-refractivity contribution is 8.00. The van der Waals surface area contributed by atoms with Gasteiger partial charge in [-0.05, 0) is 32.1 Å². The number of aromatic amines is 1. The molecule has 0 radical (unpaired) electrons. The van der Waals surface area contributed by atoms with Crippen LogP contribution < -0.4 is 5.32 Å². The summed E-state index contributed by atoms with van der Waals surface area (Å²) in [6.07, 6.45) is 3.94. The molecule has 0 spiro atoms. The SMILES string of the molecule is CCCCSC(C)C(=O)Nc1cnc2n[nH]c(C)c2c1. The number of aryl methyl sites for hydroxylation is 1. The van der Waals surface area contributed by atoms with E-state index in [1.165, 1.54) is 0 Å². The second kappa shape index (κ2) is 6.74. The Morgan fingerprint density at radius 1 is 1.55 bits per heavy atom. The summed E-state index contributed by atoms with van der Waals surface area (Å²) >= 11 is 1.69. The van der Waals surface area contributed by atoms with Crippen molar-refractivity contribution in [3.8, 4) is 0 Å². The lowest BCUT2D eigenvalue weighted by Gasteiger charge is -2.11. The van der Waals surface area contributed by atoms with Gasteiger partial charge in [0.2, 0.25) is 5.91 Å². The van der Waals surface area contributed by atoms with Gasteiger partial charge in [-0.15, -0.1) is 11.8 Å². The number of H-pyrrole nitrogens is 1. The van der Waals surface area contributed by atoms with Crippen molar-refractivity contribution in [2.45, 2.75) is 38.9 Å². The van der Waals surface area contributed by atoms with E-state index in [1.54, 1.807) is 18.0 Å². The third-order valence-corrected chi connectivity index (χ3v) is 4.34. The van der Waals surface area contributed by atoms with Gasteiger partial charge in [0.05, 0.1) is 17.1 Å². The smallest absolute Gasteiger partial charge is 0.237 e. The Labute approximate surface area is 122 Å². The molecule has 0 aliphatic carbocycles. The Balaban J connectivity index is 2.00. The van der Waals surface area contributed by atoms with Gasteiger partial charge in [-0.1, -0.05) is 13.3 Å². The standard InChI is InChI=1S/C14H20N4OS/c1-4-5-6-20-10(3)14(19)16-11-7-12-9(2)17-18-13(12)15-8-11/h7-8,10H,4-6H2,1-3H3,(H,16,19)(H,15,17,18). The molecule has 20 heavy (non-hydrogen) atoms. The highest BCUT2D eigenvalue weighted by atomic mass is 32.2. The van der Waals surface area contributed by atoms with E-state index in [0.29, 0.717) is 5.65 Å². The first-order valence-corrected chi connectivity index (χ1v) is 7.90. The van der Waals surface area contributed by atoms with Crippen LogP contribution in [0, 0.1) is 6.92 Å². The minimum atomic E-state index is -0.0531. The number of pyridine rings is 1. The molecule has 0 saturated heterocycles. The summed E-state index contributed by atoms with van der Waals surface area (Å²) in [5.41, 5.74) is 2.34. The number of aromatic nitrogens is 3. The fraction of sp³-hybridized carbons (Fsp3) is 0.500. The predicted molar refractivity (Wildman–Crippen MR) is 84.1 cm³/mol. The van der Waals surface area contributed by atoms with E-state index < -0.39 is 0 Å². The number of carbonyl (C=O) groups excluding carboxylic acids is 1. The summed E-state index contributed by atoms with van der Waals surface area (Å²) in [7, 11) is 0. The average molecular weight is 292 g/mol. The summed E-state index contributed by atoms with van der Waals surface area (Å²) in [6, 6.07) is 1.91. The zero-order chi connectivity index (χ0) is 14.5. The molecule has 1 amide bonds. The molecule has 2 aromatic heterocycles. The number of anilines is 1. The topological polar surface area (TPSA) is 70.7 Å². The Morgan fingerprint density at radius 2 is 2.35 bits per heavy atom. The molecule has 1 atom stereocenters. The average Bonchev–Trinajstić information content (AvgIpc) is 2.80. The first kappa shape index (κ1) is 14.8. The maximum Gasteiger partial charge on any atom is 0.237 e. The second-order valence-corrected chi connectivity index (χ2v) is 6.25. The third kappa shape index (κ3) is 3.50. The number of hydrogen-bond donors (Lipinski definition) is 2. The molecule has 0 saturated carbocycles. The summed E-state index contributed by atoms with van der Waals surface area (Å²) in [5, 5.41) is 10.8. The number of amides is 1. The van der Waals surface area contributed by atoms with Crippen molar-refractivity contribution in [2.75, 3.05) is 11.1 Å². The summed E-state index contributed by atoms with van der Waals surface area (Å²) in [5.74, 6) is 1.04. The molecule has 0 bridgehead atoms. The van der Waals surface area contributed by atoms with Crippen LogP contribution >= 0.6 is 11.8 Å². The van der Waals surface area contributed by atoms with Crippen molar-refractivity contribution in [3.05, 3.63) is 18.0 Å². The molecule has 5 nitrogen and oxygen atoms in total. The van der Waals surface area contributed by atoms with Gasteiger partial charge in [-0.3, -0.25) is 9.89 Å². The van der Waals surface area contributed by atoms with E-state index in [-0.39, 0.29) is 11.2 Å². The molecular formula is C14H20N4OS. The first-order valence-electron chi connectivity index (χ1n) is 6.85. The second-order valence-electron chi connectivity index (χ2n) is 4.80. The van der Waals surface area contributed by atoms with Gasteiger partial charge in [0.15, 0.2) is 5.65 Å². The van der Waals surface area contributed by atoms with Crippen LogP contribution in [-0.4, -0.2) is 32.1 Å². The van der Waals surface area contributed by atoms with Crippen molar-refractivity contribution < 1.29 is 4.79 Å². The Bertz CT molecular complexity index is 596. The number of rotatable bonds is 6. The predicted octanol–water partition coefficient (Wildman–Crippen LogP) is 3.13.